The van der Waals surface area contributed by atoms with Crippen molar-refractivity contribution in [3.63, 3.8) is 0 Å². The Morgan fingerprint density at radius 3 is 2.65 bits per heavy atom. The summed E-state index contributed by atoms with van der Waals surface area (Å²) in [5, 5.41) is 4.02. The molecule has 3 heteroatoms. The Kier molecular flexibility index (Phi) is 5.88. The molecule has 0 amide bonds. The highest BCUT2D eigenvalue weighted by atomic mass is 35.5. The van der Waals surface area contributed by atoms with E-state index in [0.717, 1.165) is 41.8 Å². The van der Waals surface area contributed by atoms with Crippen LogP contribution in [0.15, 0.2) is 24.3 Å². The van der Waals surface area contributed by atoms with Gasteiger partial charge in [-0.05, 0) is 44.2 Å². The molecule has 2 rings (SSSR count). The van der Waals surface area contributed by atoms with Gasteiger partial charge in [0.05, 0.1) is 12.2 Å². The Morgan fingerprint density at radius 2 is 2.00 bits per heavy atom. The van der Waals surface area contributed by atoms with Crippen LogP contribution >= 0.6 is 11.6 Å². The molecule has 0 saturated heterocycles. The highest BCUT2D eigenvalue weighted by molar-refractivity contribution is 6.31. The van der Waals surface area contributed by atoms with E-state index in [4.69, 9.17) is 16.3 Å². The van der Waals surface area contributed by atoms with E-state index in [1.54, 1.807) is 0 Å². The predicted octanol–water partition coefficient (Wildman–Crippen LogP) is 4.44. The topological polar surface area (TPSA) is 21.3 Å². The van der Waals surface area contributed by atoms with E-state index in [2.05, 4.69) is 25.2 Å². The molecule has 1 aliphatic rings. The van der Waals surface area contributed by atoms with Crippen molar-refractivity contribution in [2.45, 2.75) is 45.3 Å². The minimum absolute atomic E-state index is 0.0410. The molecule has 1 fully saturated rings. The van der Waals surface area contributed by atoms with E-state index >= 15 is 0 Å². The van der Waals surface area contributed by atoms with Gasteiger partial charge in [-0.3, -0.25) is 0 Å². The van der Waals surface area contributed by atoms with Gasteiger partial charge in [0.25, 0.3) is 0 Å². The normalized spacial score (nSPS) is 28.3. The molecule has 4 unspecified atom stereocenters. The maximum absolute atomic E-state index is 6.37. The summed E-state index contributed by atoms with van der Waals surface area (Å²) in [5.74, 6) is 1.56. The number of nitrogens with one attached hydrogen (secondary N) is 1. The van der Waals surface area contributed by atoms with Crippen molar-refractivity contribution in [3.05, 3.63) is 34.9 Å². The van der Waals surface area contributed by atoms with Crippen molar-refractivity contribution in [3.8, 4) is 0 Å². The zero-order chi connectivity index (χ0) is 14.5. The van der Waals surface area contributed by atoms with E-state index in [1.165, 1.54) is 6.42 Å². The summed E-state index contributed by atoms with van der Waals surface area (Å²) in [6.45, 7) is 5.48. The fourth-order valence-corrected chi connectivity index (χ4v) is 3.26. The minimum Gasteiger partial charge on any atom is -0.369 e. The van der Waals surface area contributed by atoms with Gasteiger partial charge >= 0.3 is 0 Å². The number of likely N-dealkylation sites (N-methyl/N-ethyl adjacent to an activating group) is 1. The molecule has 1 saturated carbocycles. The maximum atomic E-state index is 6.37. The summed E-state index contributed by atoms with van der Waals surface area (Å²) >= 11 is 6.32. The summed E-state index contributed by atoms with van der Waals surface area (Å²) in [5.41, 5.74) is 1.09. The van der Waals surface area contributed by atoms with Crippen molar-refractivity contribution in [1.82, 2.24) is 5.32 Å². The van der Waals surface area contributed by atoms with Crippen LogP contribution in [0, 0.1) is 11.8 Å². The number of hydrogen-bond donors (Lipinski definition) is 1. The second kappa shape index (κ2) is 7.44. The van der Waals surface area contributed by atoms with Crippen LogP contribution in [-0.4, -0.2) is 19.7 Å². The van der Waals surface area contributed by atoms with Crippen molar-refractivity contribution >= 4 is 11.6 Å². The lowest BCUT2D eigenvalue weighted by molar-refractivity contribution is -0.0473. The standard InChI is InChI=1S/C17H26ClNO/c1-12-8-9-14(10-13(12)2)20-17(11-19-3)15-6-4-5-7-16(15)18/h4-7,12-14,17,19H,8-11H2,1-3H3. The quantitative estimate of drug-likeness (QED) is 0.867. The van der Waals surface area contributed by atoms with Gasteiger partial charge in [-0.2, -0.15) is 0 Å². The van der Waals surface area contributed by atoms with Gasteiger partial charge in [-0.25, -0.2) is 0 Å². The second-order valence-electron chi connectivity index (χ2n) is 6.09. The molecule has 0 bridgehead atoms. The Hall–Kier alpha value is -0.570. The van der Waals surface area contributed by atoms with Crippen molar-refractivity contribution in [2.75, 3.05) is 13.6 Å². The molecule has 1 aromatic rings. The van der Waals surface area contributed by atoms with Gasteiger partial charge in [0.2, 0.25) is 0 Å². The molecular weight excluding hydrogens is 270 g/mol. The van der Waals surface area contributed by atoms with Crippen LogP contribution < -0.4 is 5.32 Å². The van der Waals surface area contributed by atoms with E-state index < -0.39 is 0 Å². The first-order chi connectivity index (χ1) is 9.61. The van der Waals surface area contributed by atoms with Crippen LogP contribution in [0.2, 0.25) is 5.02 Å². The highest BCUT2D eigenvalue weighted by Crippen LogP contribution is 2.34. The predicted molar refractivity (Wildman–Crippen MR) is 85.2 cm³/mol. The third kappa shape index (κ3) is 3.97. The first kappa shape index (κ1) is 15.8. The Labute approximate surface area is 127 Å². The lowest BCUT2D eigenvalue weighted by Crippen LogP contribution is -2.30. The molecule has 1 N–H and O–H groups in total. The van der Waals surface area contributed by atoms with Crippen LogP contribution in [0.5, 0.6) is 0 Å². The Balaban J connectivity index is 2.05. The number of hydrogen-bond acceptors (Lipinski definition) is 2. The van der Waals surface area contributed by atoms with Crippen LogP contribution in [0.1, 0.15) is 44.8 Å². The number of rotatable bonds is 5. The molecule has 0 aliphatic heterocycles. The number of halogens is 1. The van der Waals surface area contributed by atoms with Crippen LogP contribution in [0.25, 0.3) is 0 Å². The van der Waals surface area contributed by atoms with E-state index in [0.29, 0.717) is 6.10 Å². The van der Waals surface area contributed by atoms with Gasteiger partial charge in [-0.1, -0.05) is 43.6 Å². The van der Waals surface area contributed by atoms with E-state index in [-0.39, 0.29) is 6.10 Å². The monoisotopic (exact) mass is 295 g/mol. The SMILES string of the molecule is CNCC(OC1CCC(C)C(C)C1)c1ccccc1Cl. The summed E-state index contributed by atoms with van der Waals surface area (Å²) in [7, 11) is 1.96. The largest absolute Gasteiger partial charge is 0.369 e. The Morgan fingerprint density at radius 1 is 1.25 bits per heavy atom. The van der Waals surface area contributed by atoms with Gasteiger partial charge < -0.3 is 10.1 Å². The smallest absolute Gasteiger partial charge is 0.0967 e. The molecule has 1 aromatic carbocycles. The first-order valence-electron chi connectivity index (χ1n) is 7.66. The van der Waals surface area contributed by atoms with Crippen LogP contribution in [-0.2, 0) is 4.74 Å². The summed E-state index contributed by atoms with van der Waals surface area (Å²) in [6.07, 6.45) is 3.98. The zero-order valence-corrected chi connectivity index (χ0v) is 13.5. The van der Waals surface area contributed by atoms with Crippen molar-refractivity contribution in [2.24, 2.45) is 11.8 Å². The number of benzene rings is 1. The molecule has 20 heavy (non-hydrogen) atoms. The number of ether oxygens (including phenoxy) is 1. The molecule has 112 valence electrons. The van der Waals surface area contributed by atoms with E-state index in [9.17, 15) is 0 Å². The molecule has 0 aromatic heterocycles. The first-order valence-corrected chi connectivity index (χ1v) is 8.04. The Bertz CT molecular complexity index is 423. The van der Waals surface area contributed by atoms with Crippen LogP contribution in [0.4, 0.5) is 0 Å². The average Bonchev–Trinajstić information content (AvgIpc) is 2.43. The van der Waals surface area contributed by atoms with Crippen molar-refractivity contribution in [1.29, 1.82) is 0 Å². The fourth-order valence-electron chi connectivity index (χ4n) is 3.01. The van der Waals surface area contributed by atoms with Gasteiger partial charge in [0.15, 0.2) is 0 Å². The van der Waals surface area contributed by atoms with Gasteiger partial charge in [0.1, 0.15) is 0 Å². The summed E-state index contributed by atoms with van der Waals surface area (Å²) in [6, 6.07) is 8.00. The molecule has 4 atom stereocenters. The second-order valence-corrected chi connectivity index (χ2v) is 6.50. The molecule has 0 spiro atoms. The zero-order valence-electron chi connectivity index (χ0n) is 12.7. The third-order valence-electron chi connectivity index (χ3n) is 4.55. The maximum Gasteiger partial charge on any atom is 0.0967 e. The van der Waals surface area contributed by atoms with E-state index in [1.807, 2.05) is 25.2 Å². The molecule has 0 radical (unpaired) electrons. The average molecular weight is 296 g/mol. The third-order valence-corrected chi connectivity index (χ3v) is 4.89. The molecule has 2 nitrogen and oxygen atoms in total. The summed E-state index contributed by atoms with van der Waals surface area (Å²) < 4.78 is 6.37. The lowest BCUT2D eigenvalue weighted by Gasteiger charge is -2.34. The molecular formula is C17H26ClNO. The fraction of sp³-hybridized carbons (Fsp3) is 0.647. The van der Waals surface area contributed by atoms with Gasteiger partial charge in [0, 0.05) is 17.1 Å². The minimum atomic E-state index is 0.0410. The van der Waals surface area contributed by atoms with Crippen LogP contribution in [0.3, 0.4) is 0 Å². The van der Waals surface area contributed by atoms with Crippen molar-refractivity contribution < 1.29 is 4.74 Å². The highest BCUT2D eigenvalue weighted by Gasteiger charge is 2.27. The summed E-state index contributed by atoms with van der Waals surface area (Å²) in [4.78, 5) is 0. The lowest BCUT2D eigenvalue weighted by atomic mass is 9.80. The molecule has 1 aliphatic carbocycles. The molecule has 0 heterocycles. The van der Waals surface area contributed by atoms with Gasteiger partial charge in [-0.15, -0.1) is 0 Å².